The van der Waals surface area contributed by atoms with Gasteiger partial charge in [-0.05, 0) is 25.5 Å². The van der Waals surface area contributed by atoms with Crippen molar-refractivity contribution in [3.05, 3.63) is 24.2 Å². The summed E-state index contributed by atoms with van der Waals surface area (Å²) in [6.45, 7) is 2.72. The van der Waals surface area contributed by atoms with Gasteiger partial charge in [0.05, 0.1) is 19.1 Å². The molecule has 3 heterocycles. The second-order valence-corrected chi connectivity index (χ2v) is 4.66. The molecule has 0 amide bonds. The van der Waals surface area contributed by atoms with Crippen LogP contribution < -0.4 is 0 Å². The Bertz CT molecular complexity index is 338. The first kappa shape index (κ1) is 10.3. The Hall–Kier alpha value is -0.840. The molecule has 1 aromatic heterocycles. The molecule has 88 valence electrons. The summed E-state index contributed by atoms with van der Waals surface area (Å²) in [5.41, 5.74) is 0.808. The predicted molar refractivity (Wildman–Crippen MR) is 58.0 cm³/mol. The molecule has 1 aromatic rings. The van der Waals surface area contributed by atoms with Crippen LogP contribution in [0.2, 0.25) is 0 Å². The van der Waals surface area contributed by atoms with Crippen molar-refractivity contribution in [3.63, 3.8) is 0 Å². The van der Waals surface area contributed by atoms with Crippen LogP contribution in [0.15, 0.2) is 23.0 Å². The van der Waals surface area contributed by atoms with Crippen molar-refractivity contribution < 1.29 is 14.3 Å². The van der Waals surface area contributed by atoms with E-state index < -0.39 is 6.10 Å². The molecule has 4 nitrogen and oxygen atoms in total. The Morgan fingerprint density at radius 3 is 3.25 bits per heavy atom. The molecule has 2 fully saturated rings. The average molecular weight is 223 g/mol. The molecule has 0 aromatic carbocycles. The van der Waals surface area contributed by atoms with Crippen LogP contribution in [-0.4, -0.2) is 41.8 Å². The summed E-state index contributed by atoms with van der Waals surface area (Å²) in [5.74, 6) is 0. The van der Waals surface area contributed by atoms with Crippen molar-refractivity contribution in [2.24, 2.45) is 0 Å². The molecule has 2 aliphatic rings. The number of aliphatic hydroxyl groups excluding tert-OH is 1. The number of aliphatic hydroxyl groups is 1. The van der Waals surface area contributed by atoms with Crippen LogP contribution in [0.3, 0.4) is 0 Å². The molecule has 0 spiro atoms. The van der Waals surface area contributed by atoms with Gasteiger partial charge in [0.1, 0.15) is 12.2 Å². The summed E-state index contributed by atoms with van der Waals surface area (Å²) in [4.78, 5) is 2.43. The van der Waals surface area contributed by atoms with Gasteiger partial charge in [-0.1, -0.05) is 0 Å². The van der Waals surface area contributed by atoms with Gasteiger partial charge in [-0.3, -0.25) is 4.90 Å². The van der Waals surface area contributed by atoms with Gasteiger partial charge in [-0.2, -0.15) is 0 Å². The molecule has 0 bridgehead atoms. The fraction of sp³-hybridized carbons (Fsp3) is 0.667. The van der Waals surface area contributed by atoms with Gasteiger partial charge in [-0.15, -0.1) is 0 Å². The second-order valence-electron chi connectivity index (χ2n) is 4.66. The quantitative estimate of drug-likeness (QED) is 0.817. The molecular formula is C12H17NO3. The van der Waals surface area contributed by atoms with Gasteiger partial charge in [-0.25, -0.2) is 0 Å². The maximum Gasteiger partial charge on any atom is 0.109 e. The van der Waals surface area contributed by atoms with Gasteiger partial charge in [0.15, 0.2) is 0 Å². The van der Waals surface area contributed by atoms with Crippen LogP contribution >= 0.6 is 0 Å². The molecular weight excluding hydrogens is 206 g/mol. The molecule has 3 unspecified atom stereocenters. The van der Waals surface area contributed by atoms with Crippen LogP contribution in [0.5, 0.6) is 0 Å². The molecule has 1 N–H and O–H groups in total. The fourth-order valence-corrected chi connectivity index (χ4v) is 2.69. The minimum Gasteiger partial charge on any atom is -0.472 e. The van der Waals surface area contributed by atoms with Crippen molar-refractivity contribution in [1.82, 2.24) is 4.90 Å². The summed E-state index contributed by atoms with van der Waals surface area (Å²) in [6.07, 6.45) is 4.97. The summed E-state index contributed by atoms with van der Waals surface area (Å²) >= 11 is 0. The molecule has 0 saturated carbocycles. The third-order valence-corrected chi connectivity index (χ3v) is 3.65. The lowest BCUT2D eigenvalue weighted by Gasteiger charge is -2.37. The van der Waals surface area contributed by atoms with E-state index in [-0.39, 0.29) is 6.10 Å². The van der Waals surface area contributed by atoms with Crippen LogP contribution in [0.25, 0.3) is 0 Å². The Labute approximate surface area is 94.8 Å². The molecule has 2 saturated heterocycles. The molecule has 4 heteroatoms. The summed E-state index contributed by atoms with van der Waals surface area (Å²) in [6, 6.07) is 2.37. The number of furan rings is 1. The molecule has 3 rings (SSSR count). The highest BCUT2D eigenvalue weighted by Gasteiger charge is 2.35. The van der Waals surface area contributed by atoms with E-state index in [0.29, 0.717) is 6.04 Å². The second kappa shape index (κ2) is 4.20. The van der Waals surface area contributed by atoms with E-state index in [2.05, 4.69) is 4.90 Å². The molecule has 0 aliphatic carbocycles. The highest BCUT2D eigenvalue weighted by atomic mass is 16.5. The van der Waals surface area contributed by atoms with Crippen molar-refractivity contribution >= 4 is 0 Å². The monoisotopic (exact) mass is 223 g/mol. The van der Waals surface area contributed by atoms with Gasteiger partial charge >= 0.3 is 0 Å². The number of rotatable bonds is 2. The fourth-order valence-electron chi connectivity index (χ4n) is 2.69. The van der Waals surface area contributed by atoms with E-state index in [1.807, 2.05) is 0 Å². The lowest BCUT2D eigenvalue weighted by atomic mass is 10.1. The van der Waals surface area contributed by atoms with E-state index in [9.17, 15) is 5.11 Å². The van der Waals surface area contributed by atoms with Crippen molar-refractivity contribution in [1.29, 1.82) is 0 Å². The minimum atomic E-state index is -0.569. The van der Waals surface area contributed by atoms with Crippen molar-refractivity contribution in [2.75, 3.05) is 19.7 Å². The molecule has 0 radical (unpaired) electrons. The molecule has 3 atom stereocenters. The number of morpholine rings is 1. The standard InChI is InChI=1S/C12H17NO3/c14-12(9-3-5-15-7-9)11-6-13-4-1-2-10(13)8-16-11/h3,5,7,10-12,14H,1-2,4,6,8H2. The maximum absolute atomic E-state index is 10.1. The van der Waals surface area contributed by atoms with E-state index in [0.717, 1.165) is 25.3 Å². The SMILES string of the molecule is OC(c1ccoc1)C1CN2CCCC2CO1. The summed E-state index contributed by atoms with van der Waals surface area (Å²) in [7, 11) is 0. The lowest BCUT2D eigenvalue weighted by Crippen LogP contribution is -2.48. The van der Waals surface area contributed by atoms with E-state index >= 15 is 0 Å². The normalized spacial score (nSPS) is 32.6. The first-order valence-corrected chi connectivity index (χ1v) is 5.90. The van der Waals surface area contributed by atoms with E-state index in [4.69, 9.17) is 9.15 Å². The highest BCUT2D eigenvalue weighted by molar-refractivity contribution is 5.11. The van der Waals surface area contributed by atoms with Gasteiger partial charge in [0.2, 0.25) is 0 Å². The number of hydrogen-bond acceptors (Lipinski definition) is 4. The van der Waals surface area contributed by atoms with Gasteiger partial charge < -0.3 is 14.3 Å². The van der Waals surface area contributed by atoms with Crippen LogP contribution in [0, 0.1) is 0 Å². The smallest absolute Gasteiger partial charge is 0.109 e. The first-order valence-electron chi connectivity index (χ1n) is 5.90. The Kier molecular flexibility index (Phi) is 2.71. The topological polar surface area (TPSA) is 45.8 Å². The largest absolute Gasteiger partial charge is 0.472 e. The zero-order chi connectivity index (χ0) is 11.0. The number of nitrogens with zero attached hydrogens (tertiary/aromatic N) is 1. The van der Waals surface area contributed by atoms with Crippen LogP contribution in [0.1, 0.15) is 24.5 Å². The van der Waals surface area contributed by atoms with Gasteiger partial charge in [0, 0.05) is 18.2 Å². The maximum atomic E-state index is 10.1. The lowest BCUT2D eigenvalue weighted by molar-refractivity contribution is -0.103. The van der Waals surface area contributed by atoms with E-state index in [1.165, 1.54) is 12.8 Å². The highest BCUT2D eigenvalue weighted by Crippen LogP contribution is 2.28. The number of hydrogen-bond donors (Lipinski definition) is 1. The number of fused-ring (bicyclic) bond motifs is 1. The Morgan fingerprint density at radius 1 is 1.50 bits per heavy atom. The third kappa shape index (κ3) is 1.77. The Balaban J connectivity index is 1.67. The predicted octanol–water partition coefficient (Wildman–Crippen LogP) is 1.18. The van der Waals surface area contributed by atoms with E-state index in [1.54, 1.807) is 18.6 Å². The Morgan fingerprint density at radius 2 is 2.44 bits per heavy atom. The molecule has 2 aliphatic heterocycles. The van der Waals surface area contributed by atoms with Crippen molar-refractivity contribution in [2.45, 2.75) is 31.1 Å². The molecule has 16 heavy (non-hydrogen) atoms. The van der Waals surface area contributed by atoms with Crippen LogP contribution in [-0.2, 0) is 4.74 Å². The first-order chi connectivity index (χ1) is 7.84. The zero-order valence-electron chi connectivity index (χ0n) is 9.21. The summed E-state index contributed by atoms with van der Waals surface area (Å²) in [5, 5.41) is 10.1. The number of ether oxygens (including phenoxy) is 1. The average Bonchev–Trinajstić information content (AvgIpc) is 2.98. The zero-order valence-corrected chi connectivity index (χ0v) is 9.21. The minimum absolute atomic E-state index is 0.119. The van der Waals surface area contributed by atoms with Crippen LogP contribution in [0.4, 0.5) is 0 Å². The van der Waals surface area contributed by atoms with Gasteiger partial charge in [0.25, 0.3) is 0 Å². The van der Waals surface area contributed by atoms with Crippen molar-refractivity contribution in [3.8, 4) is 0 Å². The third-order valence-electron chi connectivity index (χ3n) is 3.65. The summed E-state index contributed by atoms with van der Waals surface area (Å²) < 4.78 is 10.7.